The number of unbranched alkanes of at least 4 members (excludes halogenated alkanes) is 39. The van der Waals surface area contributed by atoms with Crippen molar-refractivity contribution in [2.75, 3.05) is 13.2 Å². The number of carbonyl (C=O) groups is 2. The normalized spacial score (nSPS) is 12.8. The molecule has 0 rings (SSSR count). The lowest BCUT2D eigenvalue weighted by molar-refractivity contribution is -0.143. The Morgan fingerprint density at radius 2 is 0.750 bits per heavy atom. The molecule has 0 aromatic rings. The molecule has 400 valence electrons. The second-order valence-corrected chi connectivity index (χ2v) is 20.7. The molecule has 0 heterocycles. The van der Waals surface area contributed by atoms with Crippen LogP contribution in [0.3, 0.4) is 0 Å². The van der Waals surface area contributed by atoms with Gasteiger partial charge in [-0.1, -0.05) is 269 Å². The lowest BCUT2D eigenvalue weighted by atomic mass is 10.0. The van der Waals surface area contributed by atoms with E-state index in [1.165, 1.54) is 212 Å². The zero-order valence-electron chi connectivity index (χ0n) is 45.6. The van der Waals surface area contributed by atoms with Crippen LogP contribution in [0.2, 0.25) is 0 Å². The number of ether oxygens (including phenoxy) is 1. The Hall–Kier alpha value is -1.92. The topological polar surface area (TPSA) is 95.9 Å². The van der Waals surface area contributed by atoms with Gasteiger partial charge in [0.2, 0.25) is 5.91 Å². The van der Waals surface area contributed by atoms with E-state index in [2.05, 4.69) is 55.6 Å². The Bertz CT molecular complexity index is 1100. The number of hydrogen-bond donors (Lipinski definition) is 3. The molecule has 6 heteroatoms. The SMILES string of the molecule is CCCCC/C=C\C/C=C\CCCCCCCCCC(=O)OCCCCCC/C=C\CCCC(=O)NC(CO)C(O)CCCCCCCCCCCCCCCCCCCCCCCCCCC. The smallest absolute Gasteiger partial charge is 0.305 e. The van der Waals surface area contributed by atoms with Crippen molar-refractivity contribution in [2.45, 2.75) is 334 Å². The van der Waals surface area contributed by atoms with Crippen LogP contribution < -0.4 is 5.32 Å². The Balaban J connectivity index is 3.51. The van der Waals surface area contributed by atoms with E-state index in [-0.39, 0.29) is 18.5 Å². The van der Waals surface area contributed by atoms with Gasteiger partial charge in [-0.2, -0.15) is 0 Å². The van der Waals surface area contributed by atoms with Gasteiger partial charge in [0, 0.05) is 12.8 Å². The molecule has 0 saturated heterocycles. The number of nitrogens with one attached hydrogen (secondary N) is 1. The van der Waals surface area contributed by atoms with E-state index >= 15 is 0 Å². The Labute approximate surface area is 424 Å². The van der Waals surface area contributed by atoms with Crippen molar-refractivity contribution in [3.8, 4) is 0 Å². The van der Waals surface area contributed by atoms with Crippen LogP contribution >= 0.6 is 0 Å². The summed E-state index contributed by atoms with van der Waals surface area (Å²) < 4.78 is 5.45. The fourth-order valence-corrected chi connectivity index (χ4v) is 9.26. The van der Waals surface area contributed by atoms with E-state index in [1.807, 2.05) is 0 Å². The largest absolute Gasteiger partial charge is 0.466 e. The third kappa shape index (κ3) is 53.4. The van der Waals surface area contributed by atoms with Crippen molar-refractivity contribution in [3.05, 3.63) is 36.5 Å². The molecule has 0 saturated carbocycles. The number of rotatable bonds is 56. The summed E-state index contributed by atoms with van der Waals surface area (Å²) in [7, 11) is 0. The summed E-state index contributed by atoms with van der Waals surface area (Å²) >= 11 is 0. The van der Waals surface area contributed by atoms with E-state index < -0.39 is 12.1 Å². The van der Waals surface area contributed by atoms with Crippen LogP contribution in [0, 0.1) is 0 Å². The summed E-state index contributed by atoms with van der Waals surface area (Å²) in [6.45, 7) is 4.85. The molecule has 6 nitrogen and oxygen atoms in total. The quantitative estimate of drug-likeness (QED) is 0.0321. The van der Waals surface area contributed by atoms with E-state index in [1.54, 1.807) is 0 Å². The number of carbonyl (C=O) groups excluding carboxylic acids is 2. The Kier molecular flexibility index (Phi) is 56.0. The highest BCUT2D eigenvalue weighted by molar-refractivity contribution is 5.76. The number of aliphatic hydroxyl groups is 2. The molecule has 1 amide bonds. The molecule has 0 aromatic heterocycles. The monoisotopic (exact) mass is 956 g/mol. The van der Waals surface area contributed by atoms with Gasteiger partial charge in [0.15, 0.2) is 0 Å². The Morgan fingerprint density at radius 3 is 1.19 bits per heavy atom. The first-order chi connectivity index (χ1) is 33.5. The summed E-state index contributed by atoms with van der Waals surface area (Å²) in [5.41, 5.74) is 0. The van der Waals surface area contributed by atoms with Gasteiger partial charge in [0.25, 0.3) is 0 Å². The minimum atomic E-state index is -0.698. The van der Waals surface area contributed by atoms with Crippen molar-refractivity contribution in [1.82, 2.24) is 5.32 Å². The molecule has 3 N–H and O–H groups in total. The summed E-state index contributed by atoms with van der Waals surface area (Å²) in [6, 6.07) is -0.582. The molecular formula is C62H117NO5. The molecule has 0 aliphatic carbocycles. The second kappa shape index (κ2) is 57.7. The van der Waals surface area contributed by atoms with Gasteiger partial charge in [-0.25, -0.2) is 0 Å². The van der Waals surface area contributed by atoms with Crippen molar-refractivity contribution in [3.63, 3.8) is 0 Å². The van der Waals surface area contributed by atoms with E-state index in [9.17, 15) is 19.8 Å². The predicted octanol–water partition coefficient (Wildman–Crippen LogP) is 18.8. The number of esters is 1. The van der Waals surface area contributed by atoms with Crippen molar-refractivity contribution in [1.29, 1.82) is 0 Å². The Morgan fingerprint density at radius 1 is 0.412 bits per heavy atom. The molecule has 0 radical (unpaired) electrons. The first-order valence-corrected chi connectivity index (χ1v) is 30.2. The van der Waals surface area contributed by atoms with Crippen molar-refractivity contribution >= 4 is 11.9 Å². The number of hydrogen-bond acceptors (Lipinski definition) is 5. The lowest BCUT2D eigenvalue weighted by Crippen LogP contribution is -2.45. The first-order valence-electron chi connectivity index (χ1n) is 30.2. The fraction of sp³-hybridized carbons (Fsp3) is 0.871. The van der Waals surface area contributed by atoms with Crippen LogP contribution in [0.5, 0.6) is 0 Å². The average Bonchev–Trinajstić information content (AvgIpc) is 3.34. The fourth-order valence-electron chi connectivity index (χ4n) is 9.26. The third-order valence-electron chi connectivity index (χ3n) is 13.9. The molecule has 0 spiro atoms. The van der Waals surface area contributed by atoms with Crippen molar-refractivity contribution in [2.24, 2.45) is 0 Å². The minimum Gasteiger partial charge on any atom is -0.466 e. The standard InChI is InChI=1S/C62H117NO5/c1-3-5-7-9-11-13-15-17-19-21-22-23-24-25-26-27-28-30-31-33-35-38-42-46-50-54-60(65)59(58-64)63-61(66)55-51-47-43-39-37-41-45-49-53-57-68-62(67)56-52-48-44-40-36-34-32-29-20-18-16-14-12-10-8-6-4-2/h12,14,18,20,39,43,59-60,64-65H,3-11,13,15-17,19,21-38,40-42,44-58H2,1-2H3,(H,63,66)/b14-12-,20-18-,43-39-. The molecule has 0 aromatic carbocycles. The number of aliphatic hydroxyl groups excluding tert-OH is 2. The minimum absolute atomic E-state index is 0.0426. The molecule has 0 aliphatic heterocycles. The van der Waals surface area contributed by atoms with Crippen molar-refractivity contribution < 1.29 is 24.5 Å². The highest BCUT2D eigenvalue weighted by Crippen LogP contribution is 2.17. The van der Waals surface area contributed by atoms with Crippen LogP contribution in [-0.2, 0) is 14.3 Å². The summed E-state index contributed by atoms with van der Waals surface area (Å²) in [4.78, 5) is 24.6. The van der Waals surface area contributed by atoms with Crippen LogP contribution in [0.4, 0.5) is 0 Å². The van der Waals surface area contributed by atoms with E-state index in [4.69, 9.17) is 4.74 Å². The molecule has 2 atom stereocenters. The highest BCUT2D eigenvalue weighted by Gasteiger charge is 2.20. The predicted molar refractivity (Wildman–Crippen MR) is 296 cm³/mol. The highest BCUT2D eigenvalue weighted by atomic mass is 16.5. The average molecular weight is 957 g/mol. The molecule has 0 bridgehead atoms. The maximum absolute atomic E-state index is 12.5. The van der Waals surface area contributed by atoms with Gasteiger partial charge in [0.1, 0.15) is 0 Å². The van der Waals surface area contributed by atoms with Crippen LogP contribution in [-0.4, -0.2) is 47.4 Å². The maximum atomic E-state index is 12.5. The second-order valence-electron chi connectivity index (χ2n) is 20.7. The summed E-state index contributed by atoms with van der Waals surface area (Å²) in [5.74, 6) is -0.136. The van der Waals surface area contributed by atoms with E-state index in [0.717, 1.165) is 77.0 Å². The van der Waals surface area contributed by atoms with Gasteiger partial charge in [-0.15, -0.1) is 0 Å². The van der Waals surface area contributed by atoms with Crippen LogP contribution in [0.1, 0.15) is 322 Å². The van der Waals surface area contributed by atoms with Crippen LogP contribution in [0.25, 0.3) is 0 Å². The molecule has 68 heavy (non-hydrogen) atoms. The van der Waals surface area contributed by atoms with Crippen LogP contribution in [0.15, 0.2) is 36.5 Å². The molecule has 0 aliphatic rings. The van der Waals surface area contributed by atoms with E-state index in [0.29, 0.717) is 25.9 Å². The molecule has 0 fully saturated rings. The maximum Gasteiger partial charge on any atom is 0.305 e. The zero-order chi connectivity index (χ0) is 49.3. The van der Waals surface area contributed by atoms with Gasteiger partial charge >= 0.3 is 5.97 Å². The number of amides is 1. The zero-order valence-corrected chi connectivity index (χ0v) is 45.6. The van der Waals surface area contributed by atoms with Gasteiger partial charge < -0.3 is 20.3 Å². The summed E-state index contributed by atoms with van der Waals surface area (Å²) in [6.07, 6.45) is 71.5. The number of allylic oxidation sites excluding steroid dienone is 6. The first kappa shape index (κ1) is 66.1. The lowest BCUT2D eigenvalue weighted by Gasteiger charge is -2.22. The third-order valence-corrected chi connectivity index (χ3v) is 13.9. The molecule has 2 unspecified atom stereocenters. The van der Waals surface area contributed by atoms with Gasteiger partial charge in [-0.3, -0.25) is 9.59 Å². The van der Waals surface area contributed by atoms with Gasteiger partial charge in [0.05, 0.1) is 25.4 Å². The van der Waals surface area contributed by atoms with Gasteiger partial charge in [-0.05, 0) is 77.0 Å². The molecular weight excluding hydrogens is 839 g/mol. The summed E-state index contributed by atoms with van der Waals surface area (Å²) in [5, 5.41) is 23.3.